The third-order valence-corrected chi connectivity index (χ3v) is 3.91. The normalized spacial score (nSPS) is 15.7. The number of urea groups is 1. The maximum atomic E-state index is 12.1. The number of thiocarbonyl (C=S) groups is 1. The monoisotopic (exact) mass is 291 g/mol. The molecule has 0 atom stereocenters. The first-order valence-electron chi connectivity index (χ1n) is 7.05. The Labute approximate surface area is 125 Å². The lowest BCUT2D eigenvalue weighted by molar-refractivity contribution is 0.244. The molecule has 0 aliphatic heterocycles. The molecule has 1 aliphatic carbocycles. The number of nitrogens with two attached hydrogens (primary N) is 1. The number of hydrogen-bond donors (Lipinski definition) is 3. The first-order valence-corrected chi connectivity index (χ1v) is 7.45. The number of carbonyl (C=O) groups is 1. The standard InChI is InChI=1S/C15H21N3OS/c1-10-6-5-9-12(13(10)14(16)20)18-15(19)17-11-7-3-2-4-8-11/h5-6,9,11H,2-4,7-8H2,1H3,(H2,16,20)(H2,17,18,19). The van der Waals surface area contributed by atoms with Gasteiger partial charge in [0.15, 0.2) is 0 Å². The molecule has 0 spiro atoms. The summed E-state index contributed by atoms with van der Waals surface area (Å²) in [6.45, 7) is 1.93. The van der Waals surface area contributed by atoms with E-state index in [1.165, 1.54) is 19.3 Å². The summed E-state index contributed by atoms with van der Waals surface area (Å²) in [5, 5.41) is 5.88. The van der Waals surface area contributed by atoms with E-state index >= 15 is 0 Å². The molecule has 1 aromatic rings. The Kier molecular flexibility index (Phi) is 4.95. The fourth-order valence-electron chi connectivity index (χ4n) is 2.69. The number of rotatable bonds is 3. The number of benzene rings is 1. The van der Waals surface area contributed by atoms with Crippen LogP contribution in [-0.2, 0) is 0 Å². The molecule has 4 N–H and O–H groups in total. The minimum Gasteiger partial charge on any atom is -0.389 e. The SMILES string of the molecule is Cc1cccc(NC(=O)NC2CCCCC2)c1C(N)=S. The molecule has 0 radical (unpaired) electrons. The number of anilines is 1. The van der Waals surface area contributed by atoms with Crippen LogP contribution in [0.5, 0.6) is 0 Å². The van der Waals surface area contributed by atoms with Gasteiger partial charge in [-0.15, -0.1) is 0 Å². The highest BCUT2D eigenvalue weighted by Crippen LogP contribution is 2.20. The second-order valence-electron chi connectivity index (χ2n) is 5.30. The molecular weight excluding hydrogens is 270 g/mol. The second kappa shape index (κ2) is 6.70. The lowest BCUT2D eigenvalue weighted by Gasteiger charge is -2.23. The van der Waals surface area contributed by atoms with Crippen LogP contribution in [0.3, 0.4) is 0 Å². The average molecular weight is 291 g/mol. The van der Waals surface area contributed by atoms with Gasteiger partial charge in [-0.1, -0.05) is 43.6 Å². The van der Waals surface area contributed by atoms with Crippen molar-refractivity contribution in [1.29, 1.82) is 0 Å². The predicted molar refractivity (Wildman–Crippen MR) is 86.1 cm³/mol. The van der Waals surface area contributed by atoms with Crippen molar-refractivity contribution >= 4 is 28.9 Å². The highest BCUT2D eigenvalue weighted by Gasteiger charge is 2.17. The van der Waals surface area contributed by atoms with E-state index in [0.717, 1.165) is 24.0 Å². The van der Waals surface area contributed by atoms with Crippen LogP contribution in [0.1, 0.15) is 43.2 Å². The fraction of sp³-hybridized carbons (Fsp3) is 0.467. The van der Waals surface area contributed by atoms with Crippen LogP contribution in [0.25, 0.3) is 0 Å². The molecule has 2 amide bonds. The Morgan fingerprint density at radius 2 is 2.00 bits per heavy atom. The van der Waals surface area contributed by atoms with Crippen molar-refractivity contribution in [2.75, 3.05) is 5.32 Å². The Morgan fingerprint density at radius 3 is 2.65 bits per heavy atom. The average Bonchev–Trinajstić information content (AvgIpc) is 2.39. The van der Waals surface area contributed by atoms with E-state index in [-0.39, 0.29) is 12.1 Å². The minimum atomic E-state index is -0.181. The number of nitrogens with one attached hydrogen (secondary N) is 2. The molecule has 108 valence electrons. The van der Waals surface area contributed by atoms with Gasteiger partial charge in [0.25, 0.3) is 0 Å². The summed E-state index contributed by atoms with van der Waals surface area (Å²) in [5.41, 5.74) is 8.11. The van der Waals surface area contributed by atoms with Crippen LogP contribution in [0, 0.1) is 6.92 Å². The summed E-state index contributed by atoms with van der Waals surface area (Å²) in [4.78, 5) is 12.4. The molecule has 0 saturated heterocycles. The molecule has 2 rings (SSSR count). The molecule has 1 aromatic carbocycles. The van der Waals surface area contributed by atoms with E-state index in [0.29, 0.717) is 10.7 Å². The Balaban J connectivity index is 2.04. The molecule has 0 heterocycles. The van der Waals surface area contributed by atoms with E-state index in [9.17, 15) is 4.79 Å². The predicted octanol–water partition coefficient (Wildman–Crippen LogP) is 3.08. The number of carbonyl (C=O) groups excluding carboxylic acids is 1. The van der Waals surface area contributed by atoms with E-state index in [4.69, 9.17) is 18.0 Å². The largest absolute Gasteiger partial charge is 0.389 e. The molecule has 5 heteroatoms. The molecule has 20 heavy (non-hydrogen) atoms. The van der Waals surface area contributed by atoms with Gasteiger partial charge in [-0.25, -0.2) is 4.79 Å². The van der Waals surface area contributed by atoms with Crippen LogP contribution >= 0.6 is 12.2 Å². The van der Waals surface area contributed by atoms with Gasteiger partial charge in [-0.3, -0.25) is 0 Å². The van der Waals surface area contributed by atoms with Crippen molar-refractivity contribution in [3.63, 3.8) is 0 Å². The Hall–Kier alpha value is -1.62. The maximum Gasteiger partial charge on any atom is 0.319 e. The van der Waals surface area contributed by atoms with E-state index < -0.39 is 0 Å². The molecule has 0 aromatic heterocycles. The maximum absolute atomic E-state index is 12.1. The van der Waals surface area contributed by atoms with Crippen LogP contribution in [0.4, 0.5) is 10.5 Å². The van der Waals surface area contributed by atoms with Gasteiger partial charge in [0.2, 0.25) is 0 Å². The van der Waals surface area contributed by atoms with Crippen LogP contribution in [0.15, 0.2) is 18.2 Å². The third-order valence-electron chi connectivity index (χ3n) is 3.71. The topological polar surface area (TPSA) is 67.2 Å². The van der Waals surface area contributed by atoms with Crippen LogP contribution < -0.4 is 16.4 Å². The smallest absolute Gasteiger partial charge is 0.319 e. The minimum absolute atomic E-state index is 0.181. The molecular formula is C15H21N3OS. The van der Waals surface area contributed by atoms with Gasteiger partial charge in [-0.05, 0) is 31.4 Å². The third kappa shape index (κ3) is 3.70. The molecule has 4 nitrogen and oxygen atoms in total. The number of hydrogen-bond acceptors (Lipinski definition) is 2. The summed E-state index contributed by atoms with van der Waals surface area (Å²) < 4.78 is 0. The Morgan fingerprint density at radius 1 is 1.30 bits per heavy atom. The lowest BCUT2D eigenvalue weighted by atomic mass is 9.96. The van der Waals surface area contributed by atoms with E-state index in [1.807, 2.05) is 25.1 Å². The lowest BCUT2D eigenvalue weighted by Crippen LogP contribution is -2.39. The van der Waals surface area contributed by atoms with Gasteiger partial charge < -0.3 is 16.4 Å². The molecule has 1 saturated carbocycles. The van der Waals surface area contributed by atoms with Gasteiger partial charge in [0.1, 0.15) is 4.99 Å². The zero-order chi connectivity index (χ0) is 14.5. The van der Waals surface area contributed by atoms with Crippen LogP contribution in [-0.4, -0.2) is 17.1 Å². The van der Waals surface area contributed by atoms with Crippen molar-refractivity contribution < 1.29 is 4.79 Å². The van der Waals surface area contributed by atoms with Gasteiger partial charge in [-0.2, -0.15) is 0 Å². The highest BCUT2D eigenvalue weighted by atomic mass is 32.1. The van der Waals surface area contributed by atoms with Crippen molar-refractivity contribution in [2.45, 2.75) is 45.1 Å². The van der Waals surface area contributed by atoms with E-state index in [1.54, 1.807) is 0 Å². The molecule has 0 unspecified atom stereocenters. The summed E-state index contributed by atoms with van der Waals surface area (Å²) in [6, 6.07) is 5.73. The van der Waals surface area contributed by atoms with Crippen molar-refractivity contribution in [1.82, 2.24) is 5.32 Å². The van der Waals surface area contributed by atoms with Crippen molar-refractivity contribution in [2.24, 2.45) is 5.73 Å². The quantitative estimate of drug-likeness (QED) is 0.750. The van der Waals surface area contributed by atoms with Crippen molar-refractivity contribution in [3.8, 4) is 0 Å². The van der Waals surface area contributed by atoms with Gasteiger partial charge in [0.05, 0.1) is 5.69 Å². The van der Waals surface area contributed by atoms with Crippen molar-refractivity contribution in [3.05, 3.63) is 29.3 Å². The second-order valence-corrected chi connectivity index (χ2v) is 5.73. The summed E-state index contributed by atoms with van der Waals surface area (Å²) >= 11 is 5.06. The zero-order valence-electron chi connectivity index (χ0n) is 11.7. The summed E-state index contributed by atoms with van der Waals surface area (Å²) in [7, 11) is 0. The summed E-state index contributed by atoms with van der Waals surface area (Å²) in [6.07, 6.45) is 5.76. The fourth-order valence-corrected chi connectivity index (χ4v) is 2.96. The number of aryl methyl sites for hydroxylation is 1. The first kappa shape index (κ1) is 14.8. The molecule has 0 bridgehead atoms. The zero-order valence-corrected chi connectivity index (χ0v) is 12.6. The highest BCUT2D eigenvalue weighted by molar-refractivity contribution is 7.80. The molecule has 1 aliphatic rings. The van der Waals surface area contributed by atoms with E-state index in [2.05, 4.69) is 10.6 Å². The van der Waals surface area contributed by atoms with Gasteiger partial charge in [0, 0.05) is 11.6 Å². The van der Waals surface area contributed by atoms with Crippen LogP contribution in [0.2, 0.25) is 0 Å². The molecule has 1 fully saturated rings. The summed E-state index contributed by atoms with van der Waals surface area (Å²) in [5.74, 6) is 0. The first-order chi connectivity index (χ1) is 9.58. The van der Waals surface area contributed by atoms with Gasteiger partial charge >= 0.3 is 6.03 Å². The number of amides is 2. The Bertz CT molecular complexity index is 510.